The Kier molecular flexibility index (Phi) is 2.01. The van der Waals surface area contributed by atoms with Crippen LogP contribution in [0.4, 0.5) is 0 Å². The molecule has 1 nitrogen and oxygen atoms in total. The van der Waals surface area contributed by atoms with Crippen LogP contribution in [0.3, 0.4) is 0 Å². The van der Waals surface area contributed by atoms with Gasteiger partial charge in [0.1, 0.15) is 5.78 Å². The van der Waals surface area contributed by atoms with E-state index >= 15 is 0 Å². The monoisotopic (exact) mass is 180 g/mol. The maximum atomic E-state index is 11.6. The molecule has 0 amide bonds. The van der Waals surface area contributed by atoms with E-state index in [2.05, 4.69) is 6.92 Å². The van der Waals surface area contributed by atoms with E-state index in [0.717, 1.165) is 5.92 Å². The van der Waals surface area contributed by atoms with Gasteiger partial charge in [-0.2, -0.15) is 0 Å². The molecule has 2 rings (SSSR count). The van der Waals surface area contributed by atoms with Gasteiger partial charge in [-0.25, -0.2) is 0 Å². The van der Waals surface area contributed by atoms with E-state index in [9.17, 15) is 4.79 Å². The van der Waals surface area contributed by atoms with Crippen LogP contribution in [-0.4, -0.2) is 5.78 Å². The molecule has 2 saturated carbocycles. The molecule has 0 N–H and O–H groups in total. The first-order chi connectivity index (χ1) is 6.02. The first-order valence-electron chi connectivity index (χ1n) is 5.56. The zero-order valence-electron chi connectivity index (χ0n) is 8.97. The number of carbonyl (C=O) groups is 1. The van der Waals surface area contributed by atoms with Gasteiger partial charge in [-0.05, 0) is 37.0 Å². The van der Waals surface area contributed by atoms with Crippen LogP contribution < -0.4 is 0 Å². The number of Topliss-reactive ketones (excluding diaryl/α,β-unsaturated/α-hetero) is 1. The van der Waals surface area contributed by atoms with Gasteiger partial charge in [-0.1, -0.05) is 20.8 Å². The van der Waals surface area contributed by atoms with Gasteiger partial charge < -0.3 is 0 Å². The lowest BCUT2D eigenvalue weighted by molar-refractivity contribution is -0.141. The summed E-state index contributed by atoms with van der Waals surface area (Å²) in [5.41, 5.74) is 0.634. The molecule has 0 aromatic heterocycles. The van der Waals surface area contributed by atoms with Crippen LogP contribution in [0.5, 0.6) is 0 Å². The Morgan fingerprint density at radius 1 is 1.23 bits per heavy atom. The van der Waals surface area contributed by atoms with Gasteiger partial charge >= 0.3 is 0 Å². The molecular formula is C12H20O. The first kappa shape index (κ1) is 9.23. The Morgan fingerprint density at radius 2 is 1.77 bits per heavy atom. The van der Waals surface area contributed by atoms with Crippen LogP contribution >= 0.6 is 0 Å². The maximum absolute atomic E-state index is 11.6. The van der Waals surface area contributed by atoms with E-state index < -0.39 is 0 Å². The number of hydrogen-bond donors (Lipinski definition) is 0. The lowest BCUT2D eigenvalue weighted by atomic mass is 9.47. The molecule has 2 aliphatic rings. The average Bonchev–Trinajstić information content (AvgIpc) is 1.92. The number of rotatable bonds is 2. The van der Waals surface area contributed by atoms with Crippen molar-refractivity contribution in [3.05, 3.63) is 0 Å². The fourth-order valence-electron chi connectivity index (χ4n) is 3.41. The minimum absolute atomic E-state index is 0.250. The van der Waals surface area contributed by atoms with Crippen molar-refractivity contribution >= 4 is 5.78 Å². The minimum atomic E-state index is 0.250. The van der Waals surface area contributed by atoms with Gasteiger partial charge in [0, 0.05) is 11.8 Å². The van der Waals surface area contributed by atoms with Crippen molar-refractivity contribution in [3.8, 4) is 0 Å². The highest BCUT2D eigenvalue weighted by Crippen LogP contribution is 2.61. The molecule has 74 valence electrons. The predicted octanol–water partition coefficient (Wildman–Crippen LogP) is 3.04. The van der Waals surface area contributed by atoms with Gasteiger partial charge in [0.05, 0.1) is 0 Å². The predicted molar refractivity (Wildman–Crippen MR) is 53.4 cm³/mol. The van der Waals surface area contributed by atoms with Gasteiger partial charge in [0.2, 0.25) is 0 Å². The Hall–Kier alpha value is -0.330. The van der Waals surface area contributed by atoms with Crippen molar-refractivity contribution in [2.45, 2.75) is 46.5 Å². The van der Waals surface area contributed by atoms with E-state index in [-0.39, 0.29) is 5.92 Å². The molecule has 1 spiro atoms. The largest absolute Gasteiger partial charge is 0.299 e. The molecule has 0 unspecified atom stereocenters. The Morgan fingerprint density at radius 3 is 2.15 bits per heavy atom. The molecule has 2 aliphatic carbocycles. The molecule has 0 heterocycles. The molecule has 0 aromatic carbocycles. The lowest BCUT2D eigenvalue weighted by Gasteiger charge is -2.57. The third-order valence-corrected chi connectivity index (χ3v) is 3.89. The van der Waals surface area contributed by atoms with Gasteiger partial charge in [-0.15, -0.1) is 0 Å². The molecule has 0 atom stereocenters. The highest BCUT2D eigenvalue weighted by atomic mass is 16.1. The zero-order valence-corrected chi connectivity index (χ0v) is 8.97. The fourth-order valence-corrected chi connectivity index (χ4v) is 3.41. The van der Waals surface area contributed by atoms with Crippen LogP contribution in [0.2, 0.25) is 0 Å². The first-order valence-corrected chi connectivity index (χ1v) is 5.56. The highest BCUT2D eigenvalue weighted by molar-refractivity contribution is 5.83. The highest BCUT2D eigenvalue weighted by Gasteiger charge is 2.53. The summed E-state index contributed by atoms with van der Waals surface area (Å²) >= 11 is 0. The number of ketones is 1. The summed E-state index contributed by atoms with van der Waals surface area (Å²) in [5.74, 6) is 2.10. The molecule has 0 aliphatic heterocycles. The molecular weight excluding hydrogens is 160 g/mol. The van der Waals surface area contributed by atoms with Crippen LogP contribution in [-0.2, 0) is 4.79 Å². The lowest BCUT2D eigenvalue weighted by Crippen LogP contribution is -2.49. The molecule has 2 fully saturated rings. The van der Waals surface area contributed by atoms with Crippen LogP contribution in [0, 0.1) is 23.2 Å². The maximum Gasteiger partial charge on any atom is 0.138 e. The smallest absolute Gasteiger partial charge is 0.138 e. The summed E-state index contributed by atoms with van der Waals surface area (Å²) in [4.78, 5) is 11.6. The third-order valence-electron chi connectivity index (χ3n) is 3.89. The molecule has 13 heavy (non-hydrogen) atoms. The fraction of sp³-hybridized carbons (Fsp3) is 0.917. The van der Waals surface area contributed by atoms with Crippen LogP contribution in [0.1, 0.15) is 46.5 Å². The van der Waals surface area contributed by atoms with Crippen molar-refractivity contribution < 1.29 is 4.79 Å². The second kappa shape index (κ2) is 2.83. The summed E-state index contributed by atoms with van der Waals surface area (Å²) in [7, 11) is 0. The molecule has 0 bridgehead atoms. The molecule has 0 radical (unpaired) electrons. The van der Waals surface area contributed by atoms with Gasteiger partial charge in [0.15, 0.2) is 0 Å². The van der Waals surface area contributed by atoms with Gasteiger partial charge in [0.25, 0.3) is 0 Å². The average molecular weight is 180 g/mol. The van der Waals surface area contributed by atoms with E-state index in [1.54, 1.807) is 0 Å². The minimum Gasteiger partial charge on any atom is -0.299 e. The van der Waals surface area contributed by atoms with E-state index in [0.29, 0.717) is 17.1 Å². The summed E-state index contributed by atoms with van der Waals surface area (Å²) < 4.78 is 0. The van der Waals surface area contributed by atoms with E-state index in [4.69, 9.17) is 0 Å². The Bertz CT molecular complexity index is 215. The Labute approximate surface area is 80.9 Å². The van der Waals surface area contributed by atoms with E-state index in [1.165, 1.54) is 25.7 Å². The summed E-state index contributed by atoms with van der Waals surface area (Å²) in [6.45, 7) is 6.37. The number of hydrogen-bond acceptors (Lipinski definition) is 1. The number of carbonyl (C=O) groups excluding carboxylic acids is 1. The van der Waals surface area contributed by atoms with Crippen molar-refractivity contribution in [2.24, 2.45) is 23.2 Å². The SMILES string of the molecule is CC1CC2(C1)CC(C(=O)C(C)C)C2. The van der Waals surface area contributed by atoms with E-state index in [1.807, 2.05) is 13.8 Å². The van der Waals surface area contributed by atoms with Crippen LogP contribution in [0.15, 0.2) is 0 Å². The molecule has 1 heteroatoms. The molecule has 0 saturated heterocycles. The molecule has 0 aromatic rings. The van der Waals surface area contributed by atoms with Gasteiger partial charge in [-0.3, -0.25) is 4.79 Å². The third kappa shape index (κ3) is 1.43. The second-order valence-electron chi connectivity index (χ2n) is 5.68. The van der Waals surface area contributed by atoms with Crippen molar-refractivity contribution in [1.29, 1.82) is 0 Å². The summed E-state index contributed by atoms with van der Waals surface area (Å²) in [6.07, 6.45) is 5.17. The standard InChI is InChI=1S/C12H20O/c1-8(2)11(13)10-6-12(7-10)4-9(3)5-12/h8-10H,4-7H2,1-3H3. The summed E-state index contributed by atoms with van der Waals surface area (Å²) in [6, 6.07) is 0. The van der Waals surface area contributed by atoms with Crippen molar-refractivity contribution in [3.63, 3.8) is 0 Å². The quantitative estimate of drug-likeness (QED) is 0.638. The second-order valence-corrected chi connectivity index (χ2v) is 5.68. The Balaban J connectivity index is 1.82. The van der Waals surface area contributed by atoms with Crippen LogP contribution in [0.25, 0.3) is 0 Å². The summed E-state index contributed by atoms with van der Waals surface area (Å²) in [5, 5.41) is 0. The van der Waals surface area contributed by atoms with Crippen molar-refractivity contribution in [1.82, 2.24) is 0 Å². The zero-order chi connectivity index (χ0) is 9.64. The van der Waals surface area contributed by atoms with Crippen molar-refractivity contribution in [2.75, 3.05) is 0 Å². The normalized spacial score (nSPS) is 43.1. The topological polar surface area (TPSA) is 17.1 Å².